The highest BCUT2D eigenvalue weighted by Crippen LogP contribution is 2.36. The average molecular weight is 286 g/mol. The van der Waals surface area contributed by atoms with E-state index in [1.807, 2.05) is 0 Å². The van der Waals surface area contributed by atoms with Gasteiger partial charge < -0.3 is 14.4 Å². The first-order valence-corrected chi connectivity index (χ1v) is 6.11. The van der Waals surface area contributed by atoms with Crippen LogP contribution in [0.4, 0.5) is 0 Å². The lowest BCUT2D eigenvalue weighted by atomic mass is 10.2. The minimum atomic E-state index is -0.196. The molecule has 104 valence electrons. The molecule has 0 aliphatic carbocycles. The van der Waals surface area contributed by atoms with Gasteiger partial charge in [0.2, 0.25) is 0 Å². The normalized spacial score (nSPS) is 9.89. The first kappa shape index (κ1) is 15.3. The molecule has 0 fully saturated rings. The van der Waals surface area contributed by atoms with Crippen LogP contribution in [0.3, 0.4) is 0 Å². The Labute approximate surface area is 117 Å². The number of nitrogens with zero attached hydrogens (tertiary/aromatic N) is 1. The summed E-state index contributed by atoms with van der Waals surface area (Å²) in [6, 6.07) is 2.99. The van der Waals surface area contributed by atoms with Crippen LogP contribution in [0.25, 0.3) is 0 Å². The summed E-state index contributed by atoms with van der Waals surface area (Å²) in [5, 5.41) is 0.236. The molecular weight excluding hydrogens is 270 g/mol. The number of hydrogen-bond donors (Lipinski definition) is 0. The molecule has 5 nitrogen and oxygen atoms in total. The molecule has 0 saturated heterocycles. The molecule has 0 N–H and O–H groups in total. The van der Waals surface area contributed by atoms with Gasteiger partial charge in [0.25, 0.3) is 5.91 Å². The fourth-order valence-electron chi connectivity index (χ4n) is 1.32. The van der Waals surface area contributed by atoms with E-state index in [1.165, 1.54) is 17.0 Å². The number of aldehydes is 1. The SMILES string of the molecule is CCOc1cc(C=O)cc(Cl)c1OCC(=O)N(C)C. The highest BCUT2D eigenvalue weighted by atomic mass is 35.5. The molecule has 0 heterocycles. The second-order valence-electron chi connectivity index (χ2n) is 3.96. The number of benzene rings is 1. The van der Waals surface area contributed by atoms with Crippen LogP contribution in [0.5, 0.6) is 11.5 Å². The molecule has 1 rings (SSSR count). The van der Waals surface area contributed by atoms with Crippen molar-refractivity contribution in [3.8, 4) is 11.5 Å². The van der Waals surface area contributed by atoms with Gasteiger partial charge in [0, 0.05) is 19.7 Å². The number of carbonyl (C=O) groups is 2. The molecule has 0 aliphatic heterocycles. The van der Waals surface area contributed by atoms with Gasteiger partial charge in [-0.2, -0.15) is 0 Å². The lowest BCUT2D eigenvalue weighted by molar-refractivity contribution is -0.130. The third-order valence-electron chi connectivity index (χ3n) is 2.31. The zero-order valence-corrected chi connectivity index (χ0v) is 11.9. The molecule has 0 aromatic heterocycles. The first-order valence-electron chi connectivity index (χ1n) is 5.74. The van der Waals surface area contributed by atoms with E-state index < -0.39 is 0 Å². The number of amides is 1. The Morgan fingerprint density at radius 1 is 1.37 bits per heavy atom. The summed E-state index contributed by atoms with van der Waals surface area (Å²) in [5.41, 5.74) is 0.389. The Bertz CT molecular complexity index is 474. The first-order chi connectivity index (χ1) is 8.99. The highest BCUT2D eigenvalue weighted by molar-refractivity contribution is 6.32. The van der Waals surface area contributed by atoms with Crippen LogP contribution in [-0.4, -0.2) is 44.4 Å². The van der Waals surface area contributed by atoms with Crippen molar-refractivity contribution in [2.45, 2.75) is 6.92 Å². The average Bonchev–Trinajstić information content (AvgIpc) is 2.37. The largest absolute Gasteiger partial charge is 0.490 e. The Kier molecular flexibility index (Phi) is 5.63. The molecule has 0 atom stereocenters. The third kappa shape index (κ3) is 4.13. The molecule has 0 unspecified atom stereocenters. The van der Waals surface area contributed by atoms with Crippen molar-refractivity contribution < 1.29 is 19.1 Å². The van der Waals surface area contributed by atoms with E-state index in [2.05, 4.69) is 0 Å². The maximum atomic E-state index is 11.5. The third-order valence-corrected chi connectivity index (χ3v) is 2.59. The Hall–Kier alpha value is -1.75. The predicted molar refractivity (Wildman–Crippen MR) is 72.2 cm³/mol. The molecule has 0 aliphatic rings. The number of hydrogen-bond acceptors (Lipinski definition) is 4. The van der Waals surface area contributed by atoms with Crippen LogP contribution < -0.4 is 9.47 Å². The van der Waals surface area contributed by atoms with Gasteiger partial charge in [0.05, 0.1) is 11.6 Å². The smallest absolute Gasteiger partial charge is 0.259 e. The number of carbonyl (C=O) groups excluding carboxylic acids is 2. The Morgan fingerprint density at radius 2 is 2.05 bits per heavy atom. The molecular formula is C13H16ClNO4. The molecule has 0 radical (unpaired) electrons. The summed E-state index contributed by atoms with van der Waals surface area (Å²) in [5.74, 6) is 0.422. The molecule has 1 aromatic carbocycles. The lowest BCUT2D eigenvalue weighted by Gasteiger charge is -2.15. The van der Waals surface area contributed by atoms with E-state index in [0.717, 1.165) is 0 Å². The van der Waals surface area contributed by atoms with Crippen molar-refractivity contribution in [2.24, 2.45) is 0 Å². The zero-order chi connectivity index (χ0) is 14.4. The molecule has 19 heavy (non-hydrogen) atoms. The molecule has 6 heteroatoms. The molecule has 0 saturated carbocycles. The predicted octanol–water partition coefficient (Wildman–Crippen LogP) is 2.02. The molecule has 0 bridgehead atoms. The van der Waals surface area contributed by atoms with Crippen molar-refractivity contribution in [1.29, 1.82) is 0 Å². The topological polar surface area (TPSA) is 55.8 Å². The molecule has 1 aromatic rings. The zero-order valence-electron chi connectivity index (χ0n) is 11.1. The van der Waals surface area contributed by atoms with Crippen LogP contribution >= 0.6 is 11.6 Å². The van der Waals surface area contributed by atoms with E-state index in [-0.39, 0.29) is 23.3 Å². The van der Waals surface area contributed by atoms with E-state index in [9.17, 15) is 9.59 Å². The number of halogens is 1. The van der Waals surface area contributed by atoms with Gasteiger partial charge in [0.1, 0.15) is 6.29 Å². The maximum Gasteiger partial charge on any atom is 0.259 e. The Balaban J connectivity index is 2.97. The van der Waals surface area contributed by atoms with Crippen LogP contribution in [0.2, 0.25) is 5.02 Å². The summed E-state index contributed by atoms with van der Waals surface area (Å²) >= 11 is 6.02. The van der Waals surface area contributed by atoms with Crippen molar-refractivity contribution >= 4 is 23.8 Å². The Morgan fingerprint density at radius 3 is 2.58 bits per heavy atom. The van der Waals surface area contributed by atoms with Gasteiger partial charge in [-0.25, -0.2) is 0 Å². The monoisotopic (exact) mass is 285 g/mol. The highest BCUT2D eigenvalue weighted by Gasteiger charge is 2.14. The summed E-state index contributed by atoms with van der Waals surface area (Å²) in [7, 11) is 3.26. The van der Waals surface area contributed by atoms with Gasteiger partial charge in [-0.3, -0.25) is 9.59 Å². The maximum absolute atomic E-state index is 11.5. The molecule has 1 amide bonds. The van der Waals surface area contributed by atoms with Crippen molar-refractivity contribution in [3.05, 3.63) is 22.7 Å². The summed E-state index contributed by atoms with van der Waals surface area (Å²) in [6.45, 7) is 2.06. The van der Waals surface area contributed by atoms with E-state index in [1.54, 1.807) is 21.0 Å². The van der Waals surface area contributed by atoms with E-state index in [0.29, 0.717) is 24.2 Å². The minimum absolute atomic E-state index is 0.146. The quantitative estimate of drug-likeness (QED) is 0.750. The molecule has 0 spiro atoms. The van der Waals surface area contributed by atoms with Crippen molar-refractivity contribution in [2.75, 3.05) is 27.3 Å². The van der Waals surface area contributed by atoms with Gasteiger partial charge in [-0.1, -0.05) is 11.6 Å². The van der Waals surface area contributed by atoms with Crippen LogP contribution in [-0.2, 0) is 4.79 Å². The summed E-state index contributed by atoms with van der Waals surface area (Å²) < 4.78 is 10.7. The van der Waals surface area contributed by atoms with Gasteiger partial charge in [-0.05, 0) is 19.1 Å². The van der Waals surface area contributed by atoms with Crippen molar-refractivity contribution in [3.63, 3.8) is 0 Å². The second-order valence-corrected chi connectivity index (χ2v) is 4.36. The summed E-state index contributed by atoms with van der Waals surface area (Å²) in [6.07, 6.45) is 0.670. The summed E-state index contributed by atoms with van der Waals surface area (Å²) in [4.78, 5) is 23.7. The number of rotatable bonds is 6. The van der Waals surface area contributed by atoms with Crippen LogP contribution in [0, 0.1) is 0 Å². The standard InChI is InChI=1S/C13H16ClNO4/c1-4-18-11-6-9(7-16)5-10(14)13(11)19-8-12(17)15(2)3/h5-7H,4,8H2,1-3H3. The second kappa shape index (κ2) is 6.99. The fourth-order valence-corrected chi connectivity index (χ4v) is 1.60. The van der Waals surface area contributed by atoms with E-state index >= 15 is 0 Å². The van der Waals surface area contributed by atoms with E-state index in [4.69, 9.17) is 21.1 Å². The van der Waals surface area contributed by atoms with Crippen LogP contribution in [0.1, 0.15) is 17.3 Å². The fraction of sp³-hybridized carbons (Fsp3) is 0.385. The minimum Gasteiger partial charge on any atom is -0.490 e. The van der Waals surface area contributed by atoms with Crippen molar-refractivity contribution in [1.82, 2.24) is 4.90 Å². The van der Waals surface area contributed by atoms with Gasteiger partial charge in [-0.15, -0.1) is 0 Å². The van der Waals surface area contributed by atoms with Gasteiger partial charge >= 0.3 is 0 Å². The van der Waals surface area contributed by atoms with Gasteiger partial charge in [0.15, 0.2) is 18.1 Å². The lowest BCUT2D eigenvalue weighted by Crippen LogP contribution is -2.27. The number of likely N-dealkylation sites (N-methyl/N-ethyl adjacent to an activating group) is 1. The number of ether oxygens (including phenoxy) is 2. The van der Waals surface area contributed by atoms with Crippen LogP contribution in [0.15, 0.2) is 12.1 Å².